The Bertz CT molecular complexity index is 625. The van der Waals surface area contributed by atoms with Crippen LogP contribution in [0, 0.1) is 0 Å². The van der Waals surface area contributed by atoms with E-state index in [2.05, 4.69) is 10.3 Å². The van der Waals surface area contributed by atoms with Crippen molar-refractivity contribution < 1.29 is 18.7 Å². The van der Waals surface area contributed by atoms with Crippen molar-refractivity contribution in [2.24, 2.45) is 5.73 Å². The van der Waals surface area contributed by atoms with Gasteiger partial charge in [-0.2, -0.15) is 0 Å². The fraction of sp³-hybridized carbons (Fsp3) is 0.267. The van der Waals surface area contributed by atoms with Crippen molar-refractivity contribution in [2.45, 2.75) is 19.4 Å². The van der Waals surface area contributed by atoms with E-state index in [0.717, 1.165) is 5.56 Å². The van der Waals surface area contributed by atoms with E-state index in [0.29, 0.717) is 24.6 Å². The van der Waals surface area contributed by atoms with Gasteiger partial charge in [-0.15, -0.1) is 0 Å². The average molecular weight is 303 g/mol. The zero-order valence-corrected chi connectivity index (χ0v) is 12.0. The number of nitrogens with one attached hydrogen (secondary N) is 1. The predicted molar refractivity (Wildman–Crippen MR) is 78.6 cm³/mol. The highest BCUT2D eigenvalue weighted by molar-refractivity contribution is 5.72. The van der Waals surface area contributed by atoms with E-state index in [1.165, 1.54) is 0 Å². The first-order valence-electron chi connectivity index (χ1n) is 6.84. The Labute approximate surface area is 127 Å². The number of benzene rings is 1. The van der Waals surface area contributed by atoms with Crippen LogP contribution in [-0.2, 0) is 16.1 Å². The summed E-state index contributed by atoms with van der Waals surface area (Å²) in [6.07, 6.45) is 2.24. The Kier molecular flexibility index (Phi) is 5.53. The number of rotatable bonds is 7. The minimum Gasteiger partial charge on any atom is -0.456 e. The number of hydrogen-bond donors (Lipinski definition) is 2. The predicted octanol–water partition coefficient (Wildman–Crippen LogP) is 1.83. The van der Waals surface area contributed by atoms with Gasteiger partial charge in [0.2, 0.25) is 5.89 Å². The first-order valence-corrected chi connectivity index (χ1v) is 6.84. The highest BCUT2D eigenvalue weighted by Crippen LogP contribution is 2.19. The van der Waals surface area contributed by atoms with Gasteiger partial charge in [-0.3, -0.25) is 4.79 Å². The number of urea groups is 1. The lowest BCUT2D eigenvalue weighted by atomic mass is 10.2. The fourth-order valence-electron chi connectivity index (χ4n) is 1.77. The third-order valence-electron chi connectivity index (χ3n) is 2.83. The van der Waals surface area contributed by atoms with Gasteiger partial charge < -0.3 is 20.2 Å². The molecule has 0 aliphatic carbocycles. The van der Waals surface area contributed by atoms with E-state index in [1.807, 2.05) is 30.3 Å². The molecule has 0 fully saturated rings. The van der Waals surface area contributed by atoms with Gasteiger partial charge in [0.05, 0.1) is 6.20 Å². The molecule has 2 rings (SSSR count). The number of ether oxygens (including phenoxy) is 1. The Hall–Kier alpha value is -2.83. The number of oxazole rings is 1. The van der Waals surface area contributed by atoms with Gasteiger partial charge in [0.25, 0.3) is 0 Å². The molecule has 0 bridgehead atoms. The van der Waals surface area contributed by atoms with Gasteiger partial charge in [0, 0.05) is 18.5 Å². The molecule has 0 saturated carbocycles. The van der Waals surface area contributed by atoms with Gasteiger partial charge in [-0.25, -0.2) is 9.78 Å². The Morgan fingerprint density at radius 1 is 1.27 bits per heavy atom. The second-order valence-corrected chi connectivity index (χ2v) is 4.54. The molecule has 0 unspecified atom stereocenters. The highest BCUT2D eigenvalue weighted by atomic mass is 16.5. The molecule has 0 saturated heterocycles. The molecule has 0 radical (unpaired) electrons. The molecule has 1 heterocycles. The van der Waals surface area contributed by atoms with Crippen LogP contribution in [0.4, 0.5) is 4.79 Å². The zero-order valence-electron chi connectivity index (χ0n) is 12.0. The Morgan fingerprint density at radius 2 is 2.05 bits per heavy atom. The summed E-state index contributed by atoms with van der Waals surface area (Å²) in [6.45, 7) is 0.316. The third-order valence-corrected chi connectivity index (χ3v) is 2.83. The van der Waals surface area contributed by atoms with Gasteiger partial charge in [-0.1, -0.05) is 30.3 Å². The summed E-state index contributed by atoms with van der Waals surface area (Å²) in [5.41, 5.74) is 5.81. The van der Waals surface area contributed by atoms with Crippen molar-refractivity contribution in [3.05, 3.63) is 42.4 Å². The van der Waals surface area contributed by atoms with Gasteiger partial charge in [0.15, 0.2) is 12.4 Å². The van der Waals surface area contributed by atoms with E-state index in [9.17, 15) is 9.59 Å². The van der Waals surface area contributed by atoms with Crippen LogP contribution < -0.4 is 11.1 Å². The van der Waals surface area contributed by atoms with Crippen LogP contribution in [0.3, 0.4) is 0 Å². The Balaban J connectivity index is 1.74. The lowest BCUT2D eigenvalue weighted by molar-refractivity contribution is -0.145. The van der Waals surface area contributed by atoms with Gasteiger partial charge in [0.1, 0.15) is 0 Å². The minimum atomic E-state index is -0.610. The Morgan fingerprint density at radius 3 is 2.77 bits per heavy atom. The number of nitrogens with two attached hydrogens (primary N) is 1. The summed E-state index contributed by atoms with van der Waals surface area (Å²) in [7, 11) is 0. The minimum absolute atomic E-state index is 0.0189. The molecule has 1 aromatic carbocycles. The zero-order chi connectivity index (χ0) is 15.8. The van der Waals surface area contributed by atoms with Crippen molar-refractivity contribution >= 4 is 12.0 Å². The average Bonchev–Trinajstić information content (AvgIpc) is 2.99. The summed E-state index contributed by atoms with van der Waals surface area (Å²) in [5, 5.41) is 2.40. The summed E-state index contributed by atoms with van der Waals surface area (Å²) in [4.78, 5) is 26.0. The van der Waals surface area contributed by atoms with Crippen LogP contribution in [0.5, 0.6) is 0 Å². The second kappa shape index (κ2) is 7.82. The van der Waals surface area contributed by atoms with Crippen LogP contribution in [0.1, 0.15) is 18.7 Å². The number of amides is 2. The molecule has 0 atom stereocenters. The lowest BCUT2D eigenvalue weighted by Crippen LogP contribution is -2.30. The summed E-state index contributed by atoms with van der Waals surface area (Å²) in [5.74, 6) is 0.575. The molecule has 1 aromatic heterocycles. The second-order valence-electron chi connectivity index (χ2n) is 4.54. The quantitative estimate of drug-likeness (QED) is 0.599. The molecule has 116 valence electrons. The number of carbonyl (C=O) groups is 2. The van der Waals surface area contributed by atoms with Crippen molar-refractivity contribution in [3.63, 3.8) is 0 Å². The van der Waals surface area contributed by atoms with Crippen molar-refractivity contribution in [1.29, 1.82) is 0 Å². The largest absolute Gasteiger partial charge is 0.456 e. The first kappa shape index (κ1) is 15.6. The van der Waals surface area contributed by atoms with E-state index in [1.54, 1.807) is 6.20 Å². The number of carbonyl (C=O) groups excluding carboxylic acids is 2. The fourth-order valence-corrected chi connectivity index (χ4v) is 1.77. The van der Waals surface area contributed by atoms with Crippen molar-refractivity contribution in [3.8, 4) is 11.3 Å². The third kappa shape index (κ3) is 4.93. The number of primary amides is 1. The maximum atomic E-state index is 11.5. The molecule has 7 nitrogen and oxygen atoms in total. The standard InChI is InChI=1S/C15H17N3O4/c16-15(20)17-8-4-7-14(19)21-10-13-18-9-12(22-13)11-5-2-1-3-6-11/h1-3,5-6,9H,4,7-8,10H2,(H3,16,17,20). The summed E-state index contributed by atoms with van der Waals surface area (Å²) >= 11 is 0. The number of nitrogens with zero attached hydrogens (tertiary/aromatic N) is 1. The van der Waals surface area contributed by atoms with Crippen molar-refractivity contribution in [1.82, 2.24) is 10.3 Å². The topological polar surface area (TPSA) is 107 Å². The van der Waals surface area contributed by atoms with Crippen LogP contribution in [-0.4, -0.2) is 23.5 Å². The van der Waals surface area contributed by atoms with E-state index < -0.39 is 6.03 Å². The smallest absolute Gasteiger partial charge is 0.312 e. The molecular formula is C15H17N3O4. The number of aromatic nitrogens is 1. The van der Waals surface area contributed by atoms with Gasteiger partial charge in [-0.05, 0) is 6.42 Å². The monoisotopic (exact) mass is 303 g/mol. The normalized spacial score (nSPS) is 10.2. The van der Waals surface area contributed by atoms with Crippen molar-refractivity contribution in [2.75, 3.05) is 6.54 Å². The molecule has 2 aromatic rings. The molecule has 7 heteroatoms. The molecule has 22 heavy (non-hydrogen) atoms. The molecule has 3 N–H and O–H groups in total. The molecule has 2 amide bonds. The summed E-state index contributed by atoms with van der Waals surface area (Å²) in [6, 6.07) is 8.91. The van der Waals surface area contributed by atoms with E-state index in [-0.39, 0.29) is 19.0 Å². The molecular weight excluding hydrogens is 286 g/mol. The number of hydrogen-bond acceptors (Lipinski definition) is 5. The van der Waals surface area contributed by atoms with Crippen LogP contribution >= 0.6 is 0 Å². The molecule has 0 aliphatic heterocycles. The van der Waals surface area contributed by atoms with Crippen LogP contribution in [0.2, 0.25) is 0 Å². The SMILES string of the molecule is NC(=O)NCCCC(=O)OCc1ncc(-c2ccccc2)o1. The maximum absolute atomic E-state index is 11.5. The lowest BCUT2D eigenvalue weighted by Gasteiger charge is -2.03. The van der Waals surface area contributed by atoms with E-state index >= 15 is 0 Å². The molecule has 0 aliphatic rings. The first-order chi connectivity index (χ1) is 10.6. The molecule has 0 spiro atoms. The number of esters is 1. The van der Waals surface area contributed by atoms with Crippen LogP contribution in [0.25, 0.3) is 11.3 Å². The van der Waals surface area contributed by atoms with E-state index in [4.69, 9.17) is 14.9 Å². The highest BCUT2D eigenvalue weighted by Gasteiger charge is 2.09. The van der Waals surface area contributed by atoms with Gasteiger partial charge >= 0.3 is 12.0 Å². The summed E-state index contributed by atoms with van der Waals surface area (Å²) < 4.78 is 10.6. The van der Waals surface area contributed by atoms with Crippen LogP contribution in [0.15, 0.2) is 40.9 Å². The maximum Gasteiger partial charge on any atom is 0.312 e.